The van der Waals surface area contributed by atoms with Crippen LogP contribution in [0, 0.1) is 0 Å². The second kappa shape index (κ2) is 8.02. The fraction of sp³-hybridized carbons (Fsp3) is 0.571. The third-order valence-electron chi connectivity index (χ3n) is 2.72. The molecule has 1 aromatic rings. The summed E-state index contributed by atoms with van der Waals surface area (Å²) in [5, 5.41) is 4.98. The molecule has 0 heterocycles. The summed E-state index contributed by atoms with van der Waals surface area (Å²) in [5.41, 5.74) is 1.24. The van der Waals surface area contributed by atoms with E-state index in [9.17, 15) is 0 Å². The average Bonchev–Trinajstić information content (AvgIpc) is 2.28. The zero-order valence-corrected chi connectivity index (χ0v) is 12.4. The van der Waals surface area contributed by atoms with Gasteiger partial charge in [0, 0.05) is 22.1 Å². The first kappa shape index (κ1) is 14.9. The van der Waals surface area contributed by atoms with Crippen molar-refractivity contribution in [2.24, 2.45) is 0 Å². The van der Waals surface area contributed by atoms with Crippen LogP contribution in [0.15, 0.2) is 24.3 Å². The highest BCUT2D eigenvalue weighted by Crippen LogP contribution is 2.25. The number of benzene rings is 1. The molecule has 0 saturated heterocycles. The standard InChI is InChI=1S/C14H22ClNS/c1-4-16-11(2)9-12(3)17-10-13-7-5-6-8-14(13)15/h5-8,11-12,16H,4,9-10H2,1-3H3. The van der Waals surface area contributed by atoms with Crippen molar-refractivity contribution in [2.75, 3.05) is 6.54 Å². The van der Waals surface area contributed by atoms with Crippen LogP contribution in [0.2, 0.25) is 5.02 Å². The monoisotopic (exact) mass is 271 g/mol. The molecule has 2 unspecified atom stereocenters. The lowest BCUT2D eigenvalue weighted by molar-refractivity contribution is 0.530. The van der Waals surface area contributed by atoms with Crippen LogP contribution >= 0.6 is 23.4 Å². The lowest BCUT2D eigenvalue weighted by Crippen LogP contribution is -2.28. The molecule has 0 aliphatic heterocycles. The quantitative estimate of drug-likeness (QED) is 0.791. The van der Waals surface area contributed by atoms with E-state index in [0.717, 1.165) is 17.3 Å². The first-order chi connectivity index (χ1) is 8.13. The van der Waals surface area contributed by atoms with E-state index in [4.69, 9.17) is 11.6 Å². The number of hydrogen-bond donors (Lipinski definition) is 1. The van der Waals surface area contributed by atoms with Crippen molar-refractivity contribution in [1.29, 1.82) is 0 Å². The third-order valence-corrected chi connectivity index (χ3v) is 4.33. The van der Waals surface area contributed by atoms with Crippen molar-refractivity contribution >= 4 is 23.4 Å². The van der Waals surface area contributed by atoms with Crippen molar-refractivity contribution < 1.29 is 0 Å². The van der Waals surface area contributed by atoms with Gasteiger partial charge in [-0.05, 0) is 31.5 Å². The van der Waals surface area contributed by atoms with Crippen LogP contribution in [0.3, 0.4) is 0 Å². The molecule has 0 aliphatic rings. The molecule has 1 N–H and O–H groups in total. The second-order valence-electron chi connectivity index (χ2n) is 4.41. The zero-order chi connectivity index (χ0) is 12.7. The van der Waals surface area contributed by atoms with E-state index >= 15 is 0 Å². The van der Waals surface area contributed by atoms with E-state index < -0.39 is 0 Å². The minimum Gasteiger partial charge on any atom is -0.314 e. The highest BCUT2D eigenvalue weighted by atomic mass is 35.5. The highest BCUT2D eigenvalue weighted by molar-refractivity contribution is 7.99. The van der Waals surface area contributed by atoms with Crippen LogP contribution in [0.4, 0.5) is 0 Å². The van der Waals surface area contributed by atoms with E-state index in [1.54, 1.807) is 0 Å². The van der Waals surface area contributed by atoms with Crippen molar-refractivity contribution in [3.8, 4) is 0 Å². The van der Waals surface area contributed by atoms with Gasteiger partial charge < -0.3 is 5.32 Å². The molecule has 1 rings (SSSR count). The molecule has 3 heteroatoms. The molecule has 1 nitrogen and oxygen atoms in total. The van der Waals surface area contributed by atoms with Gasteiger partial charge in [-0.2, -0.15) is 11.8 Å². The lowest BCUT2D eigenvalue weighted by Gasteiger charge is -2.17. The Hall–Kier alpha value is -0.180. The van der Waals surface area contributed by atoms with Crippen LogP contribution in [0.25, 0.3) is 0 Å². The summed E-state index contributed by atoms with van der Waals surface area (Å²) in [7, 11) is 0. The van der Waals surface area contributed by atoms with Gasteiger partial charge in [-0.15, -0.1) is 0 Å². The Morgan fingerprint density at radius 1 is 1.29 bits per heavy atom. The average molecular weight is 272 g/mol. The summed E-state index contributed by atoms with van der Waals surface area (Å²) < 4.78 is 0. The van der Waals surface area contributed by atoms with Gasteiger partial charge in [-0.1, -0.05) is 43.6 Å². The molecule has 2 atom stereocenters. The maximum atomic E-state index is 6.14. The van der Waals surface area contributed by atoms with Gasteiger partial charge in [-0.25, -0.2) is 0 Å². The Labute approximate surface area is 114 Å². The molecule has 0 fully saturated rings. The van der Waals surface area contributed by atoms with Crippen molar-refractivity contribution in [1.82, 2.24) is 5.32 Å². The van der Waals surface area contributed by atoms with Crippen LogP contribution < -0.4 is 5.32 Å². The van der Waals surface area contributed by atoms with E-state index in [-0.39, 0.29) is 0 Å². The summed E-state index contributed by atoms with van der Waals surface area (Å²) in [4.78, 5) is 0. The molecule has 0 aliphatic carbocycles. The van der Waals surface area contributed by atoms with Gasteiger partial charge in [0.1, 0.15) is 0 Å². The van der Waals surface area contributed by atoms with Gasteiger partial charge in [0.2, 0.25) is 0 Å². The van der Waals surface area contributed by atoms with Crippen LogP contribution in [-0.2, 0) is 5.75 Å². The third kappa shape index (κ3) is 5.80. The fourth-order valence-electron chi connectivity index (χ4n) is 1.85. The van der Waals surface area contributed by atoms with E-state index in [2.05, 4.69) is 32.2 Å². The van der Waals surface area contributed by atoms with Crippen LogP contribution in [0.5, 0.6) is 0 Å². The molecule has 17 heavy (non-hydrogen) atoms. The number of thioether (sulfide) groups is 1. The Bertz CT molecular complexity index is 330. The first-order valence-corrected chi connectivity index (χ1v) is 7.64. The Morgan fingerprint density at radius 3 is 2.65 bits per heavy atom. The Morgan fingerprint density at radius 2 is 2.00 bits per heavy atom. The number of hydrogen-bond acceptors (Lipinski definition) is 2. The largest absolute Gasteiger partial charge is 0.314 e. The molecule has 0 amide bonds. The van der Waals surface area contributed by atoms with E-state index in [0.29, 0.717) is 11.3 Å². The van der Waals surface area contributed by atoms with Gasteiger partial charge in [0.25, 0.3) is 0 Å². The van der Waals surface area contributed by atoms with Crippen LogP contribution in [0.1, 0.15) is 32.8 Å². The van der Waals surface area contributed by atoms with Crippen molar-refractivity contribution in [3.63, 3.8) is 0 Å². The first-order valence-electron chi connectivity index (χ1n) is 6.21. The molecule has 96 valence electrons. The summed E-state index contributed by atoms with van der Waals surface area (Å²) >= 11 is 8.11. The van der Waals surface area contributed by atoms with E-state index in [1.807, 2.05) is 30.0 Å². The normalized spacial score (nSPS) is 14.6. The maximum Gasteiger partial charge on any atom is 0.0446 e. The van der Waals surface area contributed by atoms with Gasteiger partial charge in [0.15, 0.2) is 0 Å². The molecular formula is C14H22ClNS. The molecular weight excluding hydrogens is 250 g/mol. The fourth-order valence-corrected chi connectivity index (χ4v) is 3.27. The molecule has 1 aromatic carbocycles. The Balaban J connectivity index is 2.33. The second-order valence-corrected chi connectivity index (χ2v) is 6.24. The molecule has 0 bridgehead atoms. The minimum atomic E-state index is 0.591. The van der Waals surface area contributed by atoms with Crippen molar-refractivity contribution in [3.05, 3.63) is 34.9 Å². The molecule has 0 spiro atoms. The maximum absolute atomic E-state index is 6.14. The van der Waals surface area contributed by atoms with Crippen molar-refractivity contribution in [2.45, 2.75) is 44.2 Å². The smallest absolute Gasteiger partial charge is 0.0446 e. The minimum absolute atomic E-state index is 0.591. The highest BCUT2D eigenvalue weighted by Gasteiger charge is 2.09. The summed E-state index contributed by atoms with van der Waals surface area (Å²) in [6, 6.07) is 8.69. The van der Waals surface area contributed by atoms with Crippen LogP contribution in [-0.4, -0.2) is 17.8 Å². The topological polar surface area (TPSA) is 12.0 Å². The zero-order valence-electron chi connectivity index (χ0n) is 10.9. The number of rotatable bonds is 7. The predicted molar refractivity (Wildman–Crippen MR) is 80.0 cm³/mol. The predicted octanol–water partition coefficient (Wildman–Crippen LogP) is 4.35. The van der Waals surface area contributed by atoms with Gasteiger partial charge in [0.05, 0.1) is 0 Å². The van der Waals surface area contributed by atoms with E-state index in [1.165, 1.54) is 12.0 Å². The Kier molecular flexibility index (Phi) is 7.02. The lowest BCUT2D eigenvalue weighted by atomic mass is 10.2. The van der Waals surface area contributed by atoms with Gasteiger partial charge in [-0.3, -0.25) is 0 Å². The summed E-state index contributed by atoms with van der Waals surface area (Å²) in [6.07, 6.45) is 1.20. The summed E-state index contributed by atoms with van der Waals surface area (Å²) in [6.45, 7) is 7.73. The van der Waals surface area contributed by atoms with Gasteiger partial charge >= 0.3 is 0 Å². The SMILES string of the molecule is CCNC(C)CC(C)SCc1ccccc1Cl. The molecule has 0 saturated carbocycles. The summed E-state index contributed by atoms with van der Waals surface area (Å²) in [5.74, 6) is 1.000. The molecule has 0 aromatic heterocycles. The number of nitrogens with one attached hydrogen (secondary N) is 1. The molecule has 0 radical (unpaired) electrons. The number of halogens is 1.